The Bertz CT molecular complexity index is 557. The molecule has 0 saturated heterocycles. The first-order valence-corrected chi connectivity index (χ1v) is 4.54. The highest BCUT2D eigenvalue weighted by Crippen LogP contribution is 2.32. The van der Waals surface area contributed by atoms with Crippen LogP contribution in [0.15, 0.2) is 22.4 Å². The van der Waals surface area contributed by atoms with Crippen LogP contribution in [-0.4, -0.2) is 17.8 Å². The van der Waals surface area contributed by atoms with E-state index in [1.165, 1.54) is 20.0 Å². The number of nitro benzene ring substituents is 1. The van der Waals surface area contributed by atoms with Gasteiger partial charge in [-0.1, -0.05) is 0 Å². The lowest BCUT2D eigenvalue weighted by Gasteiger charge is -2.01. The third kappa shape index (κ3) is 2.49. The molecule has 0 atom stereocenters. The minimum atomic E-state index is -0.697. The van der Waals surface area contributed by atoms with Crippen LogP contribution in [0.2, 0.25) is 0 Å². The molecule has 0 bridgehead atoms. The maximum Gasteiger partial charge on any atom is 0.298 e. The van der Waals surface area contributed by atoms with Crippen molar-refractivity contribution in [3.63, 3.8) is 0 Å². The lowest BCUT2D eigenvalue weighted by atomic mass is 10.1. The van der Waals surface area contributed by atoms with Gasteiger partial charge in [0, 0.05) is 18.7 Å². The molecule has 1 aromatic carbocycles. The van der Waals surface area contributed by atoms with Gasteiger partial charge in [-0.25, -0.2) is 0 Å². The summed E-state index contributed by atoms with van der Waals surface area (Å²) in [7, 11) is 1.34. The summed E-state index contributed by atoms with van der Waals surface area (Å²) in [6.07, 6.45) is 0. The Kier molecular flexibility index (Phi) is 3.62. The molecule has 0 saturated carbocycles. The molecule has 0 spiro atoms. The van der Waals surface area contributed by atoms with Gasteiger partial charge in [-0.15, -0.1) is 5.11 Å². The normalized spacial score (nSPS) is 10.2. The molecule has 86 valence electrons. The monoisotopic (exact) mass is 232 g/mol. The molecule has 0 aliphatic rings. The van der Waals surface area contributed by atoms with Gasteiger partial charge >= 0.3 is 0 Å². The van der Waals surface area contributed by atoms with Crippen LogP contribution in [-0.2, 0) is 0 Å². The van der Waals surface area contributed by atoms with Crippen molar-refractivity contribution < 1.29 is 9.72 Å². The van der Waals surface area contributed by atoms with E-state index in [2.05, 4.69) is 10.2 Å². The van der Waals surface area contributed by atoms with Gasteiger partial charge in [0.1, 0.15) is 6.07 Å². The number of benzene rings is 1. The molecule has 0 radical (unpaired) electrons. The van der Waals surface area contributed by atoms with Crippen molar-refractivity contribution in [1.82, 2.24) is 0 Å². The average Bonchev–Trinajstić information content (AvgIpc) is 2.28. The van der Waals surface area contributed by atoms with E-state index < -0.39 is 10.6 Å². The van der Waals surface area contributed by atoms with E-state index in [0.29, 0.717) is 0 Å². The molecule has 0 fully saturated rings. The lowest BCUT2D eigenvalue weighted by Crippen LogP contribution is -1.98. The lowest BCUT2D eigenvalue weighted by molar-refractivity contribution is -0.384. The van der Waals surface area contributed by atoms with Crippen LogP contribution >= 0.6 is 0 Å². The first-order chi connectivity index (χ1) is 8.01. The fourth-order valence-electron chi connectivity index (χ4n) is 1.25. The van der Waals surface area contributed by atoms with E-state index in [1.54, 1.807) is 6.07 Å². The van der Waals surface area contributed by atoms with Gasteiger partial charge in [-0.3, -0.25) is 14.9 Å². The quantitative estimate of drug-likeness (QED) is 0.345. The van der Waals surface area contributed by atoms with Crippen molar-refractivity contribution in [1.29, 1.82) is 5.26 Å². The molecule has 1 aromatic rings. The van der Waals surface area contributed by atoms with Gasteiger partial charge in [-0.05, 0) is 13.0 Å². The topological polar surface area (TPSA) is 109 Å². The fourth-order valence-corrected chi connectivity index (χ4v) is 1.25. The van der Waals surface area contributed by atoms with Crippen LogP contribution in [0.25, 0.3) is 0 Å². The molecular weight excluding hydrogens is 224 g/mol. The van der Waals surface area contributed by atoms with Crippen LogP contribution in [0.3, 0.4) is 0 Å². The summed E-state index contributed by atoms with van der Waals surface area (Å²) in [5, 5.41) is 26.7. The number of ketones is 1. The number of hydrogen-bond donors (Lipinski definition) is 0. The Morgan fingerprint density at radius 1 is 1.53 bits per heavy atom. The van der Waals surface area contributed by atoms with Gasteiger partial charge in [0.25, 0.3) is 5.69 Å². The average molecular weight is 232 g/mol. The second-order valence-electron chi connectivity index (χ2n) is 3.12. The molecule has 7 nitrogen and oxygen atoms in total. The molecule has 0 heterocycles. The van der Waals surface area contributed by atoms with Gasteiger partial charge in [0.05, 0.1) is 10.5 Å². The Labute approximate surface area is 96.5 Å². The van der Waals surface area contributed by atoms with Crippen LogP contribution in [0.1, 0.15) is 22.8 Å². The molecule has 0 aliphatic heterocycles. The summed E-state index contributed by atoms with van der Waals surface area (Å²) < 4.78 is 0. The second kappa shape index (κ2) is 4.94. The number of Topliss-reactive ketones (excluding diaryl/α,β-unsaturated/α-hetero) is 1. The van der Waals surface area contributed by atoms with Gasteiger partial charge in [0.2, 0.25) is 0 Å². The third-order valence-electron chi connectivity index (χ3n) is 2.01. The number of nitrogens with zero attached hydrogens (tertiary/aromatic N) is 4. The summed E-state index contributed by atoms with van der Waals surface area (Å²) in [4.78, 5) is 21.3. The smallest absolute Gasteiger partial charge is 0.295 e. The minimum Gasteiger partial charge on any atom is -0.295 e. The molecule has 0 amide bonds. The summed E-state index contributed by atoms with van der Waals surface area (Å²) >= 11 is 0. The van der Waals surface area contributed by atoms with Crippen molar-refractivity contribution in [2.24, 2.45) is 10.2 Å². The third-order valence-corrected chi connectivity index (χ3v) is 2.01. The second-order valence-corrected chi connectivity index (χ2v) is 3.12. The van der Waals surface area contributed by atoms with E-state index in [1.807, 2.05) is 0 Å². The van der Waals surface area contributed by atoms with Crippen molar-refractivity contribution >= 4 is 17.2 Å². The number of carbonyl (C=O) groups is 1. The van der Waals surface area contributed by atoms with Gasteiger partial charge in [0.15, 0.2) is 11.5 Å². The zero-order valence-electron chi connectivity index (χ0n) is 9.17. The van der Waals surface area contributed by atoms with Crippen LogP contribution in [0.4, 0.5) is 11.4 Å². The van der Waals surface area contributed by atoms with Crippen molar-refractivity contribution in [3.8, 4) is 6.07 Å². The molecule has 0 aliphatic carbocycles. The highest BCUT2D eigenvalue weighted by atomic mass is 16.6. The fraction of sp³-hybridized carbons (Fsp3) is 0.200. The van der Waals surface area contributed by atoms with E-state index >= 15 is 0 Å². The summed E-state index contributed by atoms with van der Waals surface area (Å²) in [6.45, 7) is 1.27. The highest BCUT2D eigenvalue weighted by Gasteiger charge is 2.21. The minimum absolute atomic E-state index is 0.0463. The highest BCUT2D eigenvalue weighted by molar-refractivity contribution is 5.96. The Balaban J connectivity index is 3.64. The molecule has 0 unspecified atom stereocenters. The van der Waals surface area contributed by atoms with Crippen LogP contribution in [0.5, 0.6) is 0 Å². The van der Waals surface area contributed by atoms with Crippen LogP contribution in [0, 0.1) is 21.4 Å². The predicted molar refractivity (Wildman–Crippen MR) is 58.3 cm³/mol. The van der Waals surface area contributed by atoms with E-state index in [4.69, 9.17) is 5.26 Å². The Morgan fingerprint density at radius 3 is 2.59 bits per heavy atom. The summed E-state index contributed by atoms with van der Waals surface area (Å²) in [5.41, 5.74) is -0.483. The van der Waals surface area contributed by atoms with Crippen molar-refractivity contribution in [2.75, 3.05) is 7.05 Å². The standard InChI is InChI=1S/C10H8N4O3/c1-6(15)7-3-8(5-11)10(13-12-2)9(4-7)14(16)17/h3-4H,1-2H3. The SMILES string of the molecule is CN=Nc1c(C#N)cc(C(C)=O)cc1[N+](=O)[O-]. The Hall–Kier alpha value is -2.62. The molecule has 0 aromatic heterocycles. The van der Waals surface area contributed by atoms with E-state index in [-0.39, 0.29) is 22.6 Å². The zero-order chi connectivity index (χ0) is 13.0. The maximum absolute atomic E-state index is 11.2. The van der Waals surface area contributed by atoms with Gasteiger partial charge in [-0.2, -0.15) is 10.4 Å². The molecule has 17 heavy (non-hydrogen) atoms. The molecule has 0 N–H and O–H groups in total. The summed E-state index contributed by atoms with van der Waals surface area (Å²) in [5.74, 6) is -0.357. The first kappa shape index (κ1) is 12.4. The number of rotatable bonds is 3. The molecule has 7 heteroatoms. The van der Waals surface area contributed by atoms with Crippen molar-refractivity contribution in [2.45, 2.75) is 6.92 Å². The predicted octanol–water partition coefficient (Wildman–Crippen LogP) is 2.38. The Morgan fingerprint density at radius 2 is 2.18 bits per heavy atom. The van der Waals surface area contributed by atoms with Gasteiger partial charge < -0.3 is 0 Å². The molecule has 1 rings (SSSR count). The maximum atomic E-state index is 11.2. The number of nitro groups is 1. The van der Waals surface area contributed by atoms with E-state index in [0.717, 1.165) is 6.07 Å². The zero-order valence-corrected chi connectivity index (χ0v) is 9.17. The molecular formula is C10H8N4O3. The first-order valence-electron chi connectivity index (χ1n) is 4.54. The van der Waals surface area contributed by atoms with Crippen molar-refractivity contribution in [3.05, 3.63) is 33.4 Å². The number of carbonyl (C=O) groups excluding carboxylic acids is 1. The van der Waals surface area contributed by atoms with Crippen LogP contribution < -0.4 is 0 Å². The van der Waals surface area contributed by atoms with E-state index in [9.17, 15) is 14.9 Å². The number of hydrogen-bond acceptors (Lipinski definition) is 6. The largest absolute Gasteiger partial charge is 0.298 e. The number of nitriles is 1. The number of azo groups is 1. The summed E-state index contributed by atoms with van der Waals surface area (Å²) in [6, 6.07) is 4.11.